The van der Waals surface area contributed by atoms with E-state index in [-0.39, 0.29) is 11.6 Å². The van der Waals surface area contributed by atoms with Crippen LogP contribution in [-0.2, 0) is 6.42 Å². The van der Waals surface area contributed by atoms with E-state index in [1.165, 1.54) is 12.1 Å². The van der Waals surface area contributed by atoms with E-state index in [1.54, 1.807) is 36.4 Å². The summed E-state index contributed by atoms with van der Waals surface area (Å²) in [5.74, 6) is 1.43. The Balaban J connectivity index is 1.43. The zero-order valence-electron chi connectivity index (χ0n) is 20.9. The number of nitro groups is 1. The lowest BCUT2D eigenvalue weighted by Crippen LogP contribution is -2.49. The predicted octanol–water partition coefficient (Wildman–Crippen LogP) is 5.57. The lowest BCUT2D eigenvalue weighted by atomic mass is 10.0. The van der Waals surface area contributed by atoms with E-state index < -0.39 is 4.92 Å². The number of aryl methyl sites for hydroxylation is 1. The molecule has 0 atom stereocenters. The maximum Gasteiger partial charge on any atom is 0.269 e. The van der Waals surface area contributed by atoms with Crippen molar-refractivity contribution in [3.05, 3.63) is 116 Å². The van der Waals surface area contributed by atoms with Gasteiger partial charge in [-0.05, 0) is 30.7 Å². The highest BCUT2D eigenvalue weighted by molar-refractivity contribution is 6.30. The first-order valence-corrected chi connectivity index (χ1v) is 12.7. The molecule has 38 heavy (non-hydrogen) atoms. The van der Waals surface area contributed by atoms with Gasteiger partial charge in [-0.1, -0.05) is 60.1 Å². The number of benzene rings is 3. The topological polar surface area (TPSA) is 92.5 Å². The first-order valence-electron chi connectivity index (χ1n) is 12.3. The molecular formula is C29H26ClN5O3. The maximum atomic E-state index is 13.0. The fourth-order valence-electron chi connectivity index (χ4n) is 4.63. The zero-order chi connectivity index (χ0) is 26.6. The van der Waals surface area contributed by atoms with E-state index in [2.05, 4.69) is 4.90 Å². The van der Waals surface area contributed by atoms with Gasteiger partial charge < -0.3 is 9.80 Å². The Labute approximate surface area is 225 Å². The van der Waals surface area contributed by atoms with E-state index >= 15 is 0 Å². The third-order valence-corrected chi connectivity index (χ3v) is 6.93. The number of nitrogens with zero attached hydrogens (tertiary/aromatic N) is 5. The second-order valence-corrected chi connectivity index (χ2v) is 9.63. The molecule has 3 aromatic carbocycles. The Morgan fingerprint density at radius 1 is 0.947 bits per heavy atom. The molecule has 1 aliphatic rings. The average Bonchev–Trinajstić information content (AvgIpc) is 2.94. The van der Waals surface area contributed by atoms with Crippen LogP contribution in [0.4, 0.5) is 11.5 Å². The summed E-state index contributed by atoms with van der Waals surface area (Å²) in [6.07, 6.45) is 0.538. The molecule has 0 bridgehead atoms. The normalized spacial score (nSPS) is 13.4. The smallest absolute Gasteiger partial charge is 0.269 e. The second-order valence-electron chi connectivity index (χ2n) is 9.19. The lowest BCUT2D eigenvalue weighted by molar-refractivity contribution is -0.384. The molecule has 2 heterocycles. The highest BCUT2D eigenvalue weighted by Gasteiger charge is 2.26. The van der Waals surface area contributed by atoms with E-state index in [4.69, 9.17) is 21.6 Å². The number of carbonyl (C=O) groups is 1. The number of carbonyl (C=O) groups excluding carboxylic acids is 1. The largest absolute Gasteiger partial charge is 0.353 e. The van der Waals surface area contributed by atoms with E-state index in [0.717, 1.165) is 28.2 Å². The molecule has 0 saturated carbocycles. The van der Waals surface area contributed by atoms with Gasteiger partial charge in [-0.3, -0.25) is 14.9 Å². The Morgan fingerprint density at radius 2 is 1.66 bits per heavy atom. The van der Waals surface area contributed by atoms with Crippen LogP contribution in [0.15, 0.2) is 78.9 Å². The number of aromatic nitrogens is 2. The molecule has 1 fully saturated rings. The number of hydrogen-bond donors (Lipinski definition) is 0. The molecule has 0 aliphatic carbocycles. The van der Waals surface area contributed by atoms with Gasteiger partial charge in [0.15, 0.2) is 5.82 Å². The van der Waals surface area contributed by atoms with Crippen molar-refractivity contribution in [1.82, 2.24) is 14.9 Å². The van der Waals surface area contributed by atoms with Gasteiger partial charge in [-0.15, -0.1) is 0 Å². The number of halogens is 1. The summed E-state index contributed by atoms with van der Waals surface area (Å²) in [5.41, 5.74) is 4.31. The molecular weight excluding hydrogens is 502 g/mol. The molecule has 1 saturated heterocycles. The van der Waals surface area contributed by atoms with Gasteiger partial charge >= 0.3 is 0 Å². The van der Waals surface area contributed by atoms with Gasteiger partial charge in [0.2, 0.25) is 0 Å². The predicted molar refractivity (Wildman–Crippen MR) is 148 cm³/mol. The van der Waals surface area contributed by atoms with Crippen LogP contribution in [0, 0.1) is 17.0 Å². The molecule has 0 unspecified atom stereocenters. The first kappa shape index (κ1) is 25.4. The third kappa shape index (κ3) is 5.50. The van der Waals surface area contributed by atoms with Crippen LogP contribution in [0.2, 0.25) is 5.02 Å². The molecule has 1 aromatic heterocycles. The van der Waals surface area contributed by atoms with Crippen LogP contribution >= 0.6 is 11.6 Å². The van der Waals surface area contributed by atoms with Crippen molar-refractivity contribution in [2.45, 2.75) is 13.3 Å². The molecule has 0 spiro atoms. The lowest BCUT2D eigenvalue weighted by Gasteiger charge is -2.36. The Bertz CT molecular complexity index is 1470. The minimum Gasteiger partial charge on any atom is -0.353 e. The fraction of sp³-hybridized carbons (Fsp3) is 0.207. The molecule has 1 aliphatic heterocycles. The summed E-state index contributed by atoms with van der Waals surface area (Å²) in [6, 6.07) is 23.4. The van der Waals surface area contributed by atoms with Gasteiger partial charge in [0.1, 0.15) is 5.82 Å². The standard InChI is InChI=1S/C29H26ClN5O3/c1-20-26(18-21-10-12-25(13-11-21)35(37)38)28(32-27(31-20)22-6-3-2-4-7-22)33-14-16-34(17-15-33)29(36)23-8-5-9-24(30)19-23/h2-13,19H,14-18H2,1H3. The van der Waals surface area contributed by atoms with Crippen molar-refractivity contribution in [2.75, 3.05) is 31.1 Å². The Kier molecular flexibility index (Phi) is 7.33. The van der Waals surface area contributed by atoms with Gasteiger partial charge in [0, 0.05) is 72.1 Å². The Morgan fingerprint density at radius 3 is 2.32 bits per heavy atom. The number of anilines is 1. The summed E-state index contributed by atoms with van der Waals surface area (Å²) in [7, 11) is 0. The number of non-ortho nitro benzene ring substituents is 1. The molecule has 8 nitrogen and oxygen atoms in total. The fourth-order valence-corrected chi connectivity index (χ4v) is 4.82. The number of rotatable bonds is 6. The van der Waals surface area contributed by atoms with Gasteiger partial charge in [-0.2, -0.15) is 0 Å². The van der Waals surface area contributed by atoms with Crippen LogP contribution in [0.25, 0.3) is 11.4 Å². The maximum absolute atomic E-state index is 13.0. The SMILES string of the molecule is Cc1nc(-c2ccccc2)nc(N2CCN(C(=O)c3cccc(Cl)c3)CC2)c1Cc1ccc([N+](=O)[O-])cc1. The first-order chi connectivity index (χ1) is 18.4. The average molecular weight is 528 g/mol. The van der Waals surface area contributed by atoms with Gasteiger partial charge in [0.05, 0.1) is 4.92 Å². The molecule has 9 heteroatoms. The van der Waals surface area contributed by atoms with Crippen molar-refractivity contribution in [3.63, 3.8) is 0 Å². The van der Waals surface area contributed by atoms with Crippen LogP contribution in [0.1, 0.15) is 27.2 Å². The molecule has 0 radical (unpaired) electrons. The summed E-state index contributed by atoms with van der Waals surface area (Å²) in [4.78, 5) is 37.6. The van der Waals surface area contributed by atoms with Crippen LogP contribution in [-0.4, -0.2) is 51.9 Å². The van der Waals surface area contributed by atoms with Crippen LogP contribution in [0.3, 0.4) is 0 Å². The molecule has 5 rings (SSSR count). The molecule has 0 N–H and O–H groups in total. The van der Waals surface area contributed by atoms with E-state index in [0.29, 0.717) is 49.0 Å². The van der Waals surface area contributed by atoms with E-state index in [9.17, 15) is 14.9 Å². The summed E-state index contributed by atoms with van der Waals surface area (Å²) in [6.45, 7) is 4.30. The number of piperazine rings is 1. The minimum absolute atomic E-state index is 0.0397. The molecule has 4 aromatic rings. The summed E-state index contributed by atoms with van der Waals surface area (Å²) < 4.78 is 0. The monoisotopic (exact) mass is 527 g/mol. The quantitative estimate of drug-likeness (QED) is 0.240. The van der Waals surface area contributed by atoms with Crippen LogP contribution < -0.4 is 4.90 Å². The number of hydrogen-bond acceptors (Lipinski definition) is 6. The van der Waals surface area contributed by atoms with Crippen LogP contribution in [0.5, 0.6) is 0 Å². The molecule has 1 amide bonds. The van der Waals surface area contributed by atoms with Crippen molar-refractivity contribution >= 4 is 29.0 Å². The summed E-state index contributed by atoms with van der Waals surface area (Å²) >= 11 is 6.09. The highest BCUT2D eigenvalue weighted by Crippen LogP contribution is 2.29. The Hall–Kier alpha value is -4.30. The minimum atomic E-state index is -0.400. The molecule has 192 valence electrons. The zero-order valence-corrected chi connectivity index (χ0v) is 21.6. The number of nitro benzene ring substituents is 1. The number of amides is 1. The highest BCUT2D eigenvalue weighted by atomic mass is 35.5. The van der Waals surface area contributed by atoms with Gasteiger partial charge in [-0.25, -0.2) is 9.97 Å². The van der Waals surface area contributed by atoms with Crippen molar-refractivity contribution in [2.24, 2.45) is 0 Å². The summed E-state index contributed by atoms with van der Waals surface area (Å²) in [5, 5.41) is 11.6. The van der Waals surface area contributed by atoms with Gasteiger partial charge in [0.25, 0.3) is 11.6 Å². The van der Waals surface area contributed by atoms with Crippen molar-refractivity contribution in [1.29, 1.82) is 0 Å². The van der Waals surface area contributed by atoms with E-state index in [1.807, 2.05) is 42.2 Å². The second kappa shape index (κ2) is 11.0. The third-order valence-electron chi connectivity index (χ3n) is 6.69. The van der Waals surface area contributed by atoms with Crippen molar-refractivity contribution < 1.29 is 9.72 Å². The van der Waals surface area contributed by atoms with Crippen molar-refractivity contribution in [3.8, 4) is 11.4 Å².